The summed E-state index contributed by atoms with van der Waals surface area (Å²) in [5.41, 5.74) is 0. The highest BCUT2D eigenvalue weighted by molar-refractivity contribution is 5.83. The number of aliphatic carboxylic acids is 1. The molecule has 1 fully saturated rings. The molecule has 1 aliphatic heterocycles. The molecule has 0 spiro atoms. The molecule has 2 N–H and O–H groups in total. The van der Waals surface area contributed by atoms with Crippen molar-refractivity contribution in [1.82, 2.24) is 5.32 Å². The van der Waals surface area contributed by atoms with E-state index in [2.05, 4.69) is 5.32 Å². The lowest BCUT2D eigenvalue weighted by molar-refractivity contribution is -0.141. The largest absolute Gasteiger partial charge is 0.480 e. The third-order valence-corrected chi connectivity index (χ3v) is 2.76. The Kier molecular flexibility index (Phi) is 4.73. The molecule has 1 saturated heterocycles. The Morgan fingerprint density at radius 1 is 1.50 bits per heavy atom. The fourth-order valence-electron chi connectivity index (χ4n) is 1.77. The first-order chi connectivity index (χ1) is 7.49. The maximum atomic E-state index is 11.4. The Labute approximate surface area is 95.2 Å². The summed E-state index contributed by atoms with van der Waals surface area (Å²) in [6.45, 7) is 3.47. The average Bonchev–Trinajstić information content (AvgIpc) is 2.61. The van der Waals surface area contributed by atoms with Crippen molar-refractivity contribution in [3.8, 4) is 0 Å². The lowest BCUT2D eigenvalue weighted by Gasteiger charge is -2.12. The molecule has 16 heavy (non-hydrogen) atoms. The smallest absolute Gasteiger partial charge is 0.325 e. The SMILES string of the molecule is CC1CCC(CCC(=O)N[C@@H](C)C(=O)O)O1. The van der Waals surface area contributed by atoms with Crippen LogP contribution in [0.5, 0.6) is 0 Å². The van der Waals surface area contributed by atoms with E-state index < -0.39 is 12.0 Å². The molecule has 0 aromatic heterocycles. The van der Waals surface area contributed by atoms with Gasteiger partial charge in [-0.15, -0.1) is 0 Å². The van der Waals surface area contributed by atoms with Crippen LogP contribution in [-0.2, 0) is 14.3 Å². The van der Waals surface area contributed by atoms with E-state index in [0.29, 0.717) is 12.8 Å². The van der Waals surface area contributed by atoms with Crippen LogP contribution in [0.25, 0.3) is 0 Å². The minimum absolute atomic E-state index is 0.154. The molecule has 3 atom stereocenters. The number of ether oxygens (including phenoxy) is 1. The van der Waals surface area contributed by atoms with Crippen LogP contribution in [0.3, 0.4) is 0 Å². The van der Waals surface area contributed by atoms with Gasteiger partial charge >= 0.3 is 5.97 Å². The Morgan fingerprint density at radius 3 is 2.69 bits per heavy atom. The molecular formula is C11H19NO4. The highest BCUT2D eigenvalue weighted by Crippen LogP contribution is 2.22. The maximum absolute atomic E-state index is 11.4. The molecule has 2 unspecified atom stereocenters. The molecule has 1 heterocycles. The second kappa shape index (κ2) is 5.84. The lowest BCUT2D eigenvalue weighted by Crippen LogP contribution is -2.38. The van der Waals surface area contributed by atoms with Gasteiger partial charge in [-0.25, -0.2) is 0 Å². The first-order valence-electron chi connectivity index (χ1n) is 5.66. The zero-order valence-corrected chi connectivity index (χ0v) is 9.73. The summed E-state index contributed by atoms with van der Waals surface area (Å²) < 4.78 is 5.57. The second-order valence-electron chi connectivity index (χ2n) is 4.31. The fraction of sp³-hybridized carbons (Fsp3) is 0.818. The van der Waals surface area contributed by atoms with Crippen LogP contribution >= 0.6 is 0 Å². The zero-order chi connectivity index (χ0) is 12.1. The van der Waals surface area contributed by atoms with E-state index in [0.717, 1.165) is 12.8 Å². The van der Waals surface area contributed by atoms with Crippen LogP contribution in [0, 0.1) is 0 Å². The van der Waals surface area contributed by atoms with Crippen LogP contribution in [0.1, 0.15) is 39.5 Å². The molecule has 5 nitrogen and oxygen atoms in total. The number of carbonyl (C=O) groups excluding carboxylic acids is 1. The number of hydrogen-bond donors (Lipinski definition) is 2. The van der Waals surface area contributed by atoms with Gasteiger partial charge in [0.05, 0.1) is 12.2 Å². The zero-order valence-electron chi connectivity index (χ0n) is 9.73. The van der Waals surface area contributed by atoms with Crippen molar-refractivity contribution in [2.24, 2.45) is 0 Å². The van der Waals surface area contributed by atoms with Crippen LogP contribution in [0.15, 0.2) is 0 Å². The summed E-state index contributed by atoms with van der Waals surface area (Å²) in [6, 6.07) is -0.823. The molecule has 0 aliphatic carbocycles. The number of nitrogens with one attached hydrogen (secondary N) is 1. The number of carbonyl (C=O) groups is 2. The van der Waals surface area contributed by atoms with E-state index in [9.17, 15) is 9.59 Å². The summed E-state index contributed by atoms with van der Waals surface area (Å²) in [5.74, 6) is -1.24. The van der Waals surface area contributed by atoms with Gasteiger partial charge in [-0.2, -0.15) is 0 Å². The van der Waals surface area contributed by atoms with Gasteiger partial charge in [0.15, 0.2) is 0 Å². The molecule has 0 aromatic carbocycles. The number of amides is 1. The van der Waals surface area contributed by atoms with Gasteiger partial charge in [-0.05, 0) is 33.1 Å². The standard InChI is InChI=1S/C11H19NO4/c1-7-3-4-9(16-7)5-6-10(13)12-8(2)11(14)15/h7-9H,3-6H2,1-2H3,(H,12,13)(H,14,15)/t7?,8-,9?/m0/s1. The maximum Gasteiger partial charge on any atom is 0.325 e. The summed E-state index contributed by atoms with van der Waals surface area (Å²) in [4.78, 5) is 21.9. The average molecular weight is 229 g/mol. The van der Waals surface area contributed by atoms with Gasteiger partial charge in [0.1, 0.15) is 6.04 Å². The number of hydrogen-bond acceptors (Lipinski definition) is 3. The van der Waals surface area contributed by atoms with E-state index in [-0.39, 0.29) is 18.1 Å². The van der Waals surface area contributed by atoms with Crippen molar-refractivity contribution in [2.75, 3.05) is 0 Å². The minimum Gasteiger partial charge on any atom is -0.480 e. The van der Waals surface area contributed by atoms with Gasteiger partial charge in [0, 0.05) is 6.42 Å². The highest BCUT2D eigenvalue weighted by atomic mass is 16.5. The summed E-state index contributed by atoms with van der Waals surface area (Å²) in [5, 5.41) is 11.0. The van der Waals surface area contributed by atoms with Gasteiger partial charge in [-0.1, -0.05) is 0 Å². The molecule has 1 amide bonds. The van der Waals surface area contributed by atoms with Crippen LogP contribution in [0.4, 0.5) is 0 Å². The first kappa shape index (κ1) is 13.0. The third kappa shape index (κ3) is 4.18. The van der Waals surface area contributed by atoms with E-state index in [4.69, 9.17) is 9.84 Å². The fourth-order valence-corrected chi connectivity index (χ4v) is 1.77. The Morgan fingerprint density at radius 2 is 2.19 bits per heavy atom. The van der Waals surface area contributed by atoms with E-state index >= 15 is 0 Å². The molecule has 1 aliphatic rings. The van der Waals surface area contributed by atoms with E-state index in [1.54, 1.807) is 0 Å². The van der Waals surface area contributed by atoms with E-state index in [1.807, 2.05) is 6.92 Å². The van der Waals surface area contributed by atoms with Gasteiger partial charge in [-0.3, -0.25) is 9.59 Å². The van der Waals surface area contributed by atoms with Crippen LogP contribution in [-0.4, -0.2) is 35.2 Å². The topological polar surface area (TPSA) is 75.6 Å². The molecule has 0 radical (unpaired) electrons. The number of rotatable bonds is 5. The van der Waals surface area contributed by atoms with Crippen molar-refractivity contribution in [3.05, 3.63) is 0 Å². The summed E-state index contributed by atoms with van der Waals surface area (Å²) in [6.07, 6.45) is 3.46. The van der Waals surface area contributed by atoms with Crippen molar-refractivity contribution < 1.29 is 19.4 Å². The second-order valence-corrected chi connectivity index (χ2v) is 4.31. The van der Waals surface area contributed by atoms with Crippen LogP contribution < -0.4 is 5.32 Å². The molecule has 0 bridgehead atoms. The molecule has 5 heteroatoms. The minimum atomic E-state index is -1.01. The number of carboxylic acid groups (broad SMARTS) is 1. The van der Waals surface area contributed by atoms with Gasteiger partial charge in [0.25, 0.3) is 0 Å². The van der Waals surface area contributed by atoms with Crippen molar-refractivity contribution in [3.63, 3.8) is 0 Å². The molecule has 92 valence electrons. The highest BCUT2D eigenvalue weighted by Gasteiger charge is 2.22. The van der Waals surface area contributed by atoms with Gasteiger partial charge < -0.3 is 15.2 Å². The summed E-state index contributed by atoms with van der Waals surface area (Å²) >= 11 is 0. The predicted molar refractivity (Wildman–Crippen MR) is 58.0 cm³/mol. The van der Waals surface area contributed by atoms with Crippen molar-refractivity contribution in [2.45, 2.75) is 57.8 Å². The molecule has 1 rings (SSSR count). The number of carboxylic acids is 1. The van der Waals surface area contributed by atoms with Crippen molar-refractivity contribution in [1.29, 1.82) is 0 Å². The lowest BCUT2D eigenvalue weighted by atomic mass is 10.1. The monoisotopic (exact) mass is 229 g/mol. The Hall–Kier alpha value is -1.10. The van der Waals surface area contributed by atoms with E-state index in [1.165, 1.54) is 6.92 Å². The molecule has 0 aromatic rings. The third-order valence-electron chi connectivity index (χ3n) is 2.76. The normalized spacial score (nSPS) is 26.4. The predicted octanol–water partition coefficient (Wildman–Crippen LogP) is 0.923. The molecule has 0 saturated carbocycles. The van der Waals surface area contributed by atoms with Crippen molar-refractivity contribution >= 4 is 11.9 Å². The first-order valence-corrected chi connectivity index (χ1v) is 5.66. The Balaban J connectivity index is 2.17. The van der Waals surface area contributed by atoms with Crippen LogP contribution in [0.2, 0.25) is 0 Å². The quantitative estimate of drug-likeness (QED) is 0.735. The summed E-state index contributed by atoms with van der Waals surface area (Å²) in [7, 11) is 0. The molecular weight excluding hydrogens is 210 g/mol. The van der Waals surface area contributed by atoms with Gasteiger partial charge in [0.2, 0.25) is 5.91 Å². The Bertz CT molecular complexity index is 267.